The van der Waals surface area contributed by atoms with Crippen LogP contribution in [0.15, 0.2) is 18.2 Å². The molecule has 0 atom stereocenters. The average Bonchev–Trinajstić information content (AvgIpc) is 2.71. The SMILES string of the molecule is COc1ccc(F)c(-n2nnc(CO)c2Cl)c1. The van der Waals surface area contributed by atoms with Gasteiger partial charge in [0.15, 0.2) is 5.15 Å². The van der Waals surface area contributed by atoms with Crippen LogP contribution in [0.3, 0.4) is 0 Å². The Kier molecular flexibility index (Phi) is 3.26. The zero-order chi connectivity index (χ0) is 12.4. The van der Waals surface area contributed by atoms with Gasteiger partial charge in [-0.2, -0.15) is 4.68 Å². The topological polar surface area (TPSA) is 60.2 Å². The molecule has 0 aliphatic carbocycles. The minimum absolute atomic E-state index is 0.0691. The minimum atomic E-state index is -0.512. The standard InChI is InChI=1S/C10H9ClFN3O2/c1-17-6-2-3-7(12)9(4-6)15-10(11)8(5-16)13-14-15/h2-4,16H,5H2,1H3. The molecule has 2 aromatic rings. The highest BCUT2D eigenvalue weighted by atomic mass is 35.5. The summed E-state index contributed by atoms with van der Waals surface area (Å²) in [4.78, 5) is 0. The molecule has 0 amide bonds. The fourth-order valence-corrected chi connectivity index (χ4v) is 1.56. The molecule has 90 valence electrons. The molecule has 1 N–H and O–H groups in total. The number of hydrogen-bond acceptors (Lipinski definition) is 4. The van der Waals surface area contributed by atoms with Crippen molar-refractivity contribution >= 4 is 11.6 Å². The minimum Gasteiger partial charge on any atom is -0.497 e. The highest BCUT2D eigenvalue weighted by molar-refractivity contribution is 6.30. The third-order valence-electron chi connectivity index (χ3n) is 2.21. The first-order valence-corrected chi connectivity index (χ1v) is 5.10. The van der Waals surface area contributed by atoms with Gasteiger partial charge in [-0.1, -0.05) is 16.8 Å². The summed E-state index contributed by atoms with van der Waals surface area (Å²) in [5.41, 5.74) is 0.301. The van der Waals surface area contributed by atoms with Gasteiger partial charge in [0.1, 0.15) is 22.9 Å². The molecule has 1 aromatic carbocycles. The Balaban J connectivity index is 2.55. The van der Waals surface area contributed by atoms with Gasteiger partial charge in [0, 0.05) is 6.07 Å². The van der Waals surface area contributed by atoms with E-state index in [1.165, 1.54) is 25.3 Å². The van der Waals surface area contributed by atoms with Gasteiger partial charge in [-0.25, -0.2) is 4.39 Å². The van der Waals surface area contributed by atoms with Crippen LogP contribution in [0.1, 0.15) is 5.69 Å². The van der Waals surface area contributed by atoms with Crippen molar-refractivity contribution in [2.45, 2.75) is 6.61 Å². The highest BCUT2D eigenvalue weighted by Gasteiger charge is 2.15. The Morgan fingerprint density at radius 1 is 1.53 bits per heavy atom. The largest absolute Gasteiger partial charge is 0.497 e. The maximum absolute atomic E-state index is 13.6. The third kappa shape index (κ3) is 2.09. The first-order chi connectivity index (χ1) is 8.17. The second kappa shape index (κ2) is 4.68. The summed E-state index contributed by atoms with van der Waals surface area (Å²) in [7, 11) is 1.47. The van der Waals surface area contributed by atoms with Crippen LogP contribution in [0, 0.1) is 5.82 Å². The van der Waals surface area contributed by atoms with Crippen molar-refractivity contribution in [1.29, 1.82) is 0 Å². The van der Waals surface area contributed by atoms with Crippen molar-refractivity contribution in [3.05, 3.63) is 34.9 Å². The first-order valence-electron chi connectivity index (χ1n) is 4.72. The quantitative estimate of drug-likeness (QED) is 0.907. The van der Waals surface area contributed by atoms with Crippen LogP contribution < -0.4 is 4.74 Å². The molecule has 5 nitrogen and oxygen atoms in total. The van der Waals surface area contributed by atoms with Crippen LogP contribution in [0.25, 0.3) is 5.69 Å². The lowest BCUT2D eigenvalue weighted by Crippen LogP contribution is -2.01. The van der Waals surface area contributed by atoms with Crippen LogP contribution in [0.2, 0.25) is 5.15 Å². The second-order valence-electron chi connectivity index (χ2n) is 3.21. The van der Waals surface area contributed by atoms with E-state index in [1.54, 1.807) is 0 Å². The Morgan fingerprint density at radius 3 is 2.88 bits per heavy atom. The number of aliphatic hydroxyl groups is 1. The van der Waals surface area contributed by atoms with Crippen molar-refractivity contribution < 1.29 is 14.2 Å². The Bertz CT molecular complexity index is 544. The molecule has 1 heterocycles. The van der Waals surface area contributed by atoms with Gasteiger partial charge in [0.25, 0.3) is 0 Å². The molecule has 0 saturated carbocycles. The molecule has 2 rings (SSSR count). The number of methoxy groups -OCH3 is 1. The van der Waals surface area contributed by atoms with Gasteiger partial charge < -0.3 is 9.84 Å². The Hall–Kier alpha value is -1.66. The van der Waals surface area contributed by atoms with Crippen molar-refractivity contribution in [2.75, 3.05) is 7.11 Å². The molecule has 1 aromatic heterocycles. The van der Waals surface area contributed by atoms with Crippen LogP contribution >= 0.6 is 11.6 Å². The Morgan fingerprint density at radius 2 is 2.29 bits per heavy atom. The summed E-state index contributed by atoms with van der Waals surface area (Å²) in [5, 5.41) is 16.3. The number of hydrogen-bond donors (Lipinski definition) is 1. The van der Waals surface area contributed by atoms with E-state index in [9.17, 15) is 4.39 Å². The number of rotatable bonds is 3. The fourth-order valence-electron chi connectivity index (χ4n) is 1.33. The Labute approximate surface area is 101 Å². The molecule has 0 bridgehead atoms. The van der Waals surface area contributed by atoms with E-state index in [1.807, 2.05) is 0 Å². The van der Waals surface area contributed by atoms with Crippen LogP contribution in [0.4, 0.5) is 4.39 Å². The summed E-state index contributed by atoms with van der Waals surface area (Å²) in [5.74, 6) is -0.0411. The molecule has 7 heteroatoms. The smallest absolute Gasteiger partial charge is 0.158 e. The van der Waals surface area contributed by atoms with E-state index in [-0.39, 0.29) is 23.1 Å². The lowest BCUT2D eigenvalue weighted by Gasteiger charge is -2.06. The molecule has 17 heavy (non-hydrogen) atoms. The van der Waals surface area contributed by atoms with E-state index < -0.39 is 5.82 Å². The van der Waals surface area contributed by atoms with Crippen molar-refractivity contribution in [2.24, 2.45) is 0 Å². The molecule has 0 spiro atoms. The predicted molar refractivity (Wildman–Crippen MR) is 58.8 cm³/mol. The lowest BCUT2D eigenvalue weighted by molar-refractivity contribution is 0.277. The summed E-state index contributed by atoms with van der Waals surface area (Å²) in [6.07, 6.45) is 0. The third-order valence-corrected chi connectivity index (χ3v) is 2.59. The number of benzene rings is 1. The average molecular weight is 258 g/mol. The van der Waals surface area contributed by atoms with Gasteiger partial charge in [-0.15, -0.1) is 5.10 Å². The van der Waals surface area contributed by atoms with Crippen molar-refractivity contribution in [3.8, 4) is 11.4 Å². The molecular weight excluding hydrogens is 249 g/mol. The number of ether oxygens (including phenoxy) is 1. The van der Waals surface area contributed by atoms with E-state index in [0.29, 0.717) is 5.75 Å². The maximum Gasteiger partial charge on any atom is 0.158 e. The van der Waals surface area contributed by atoms with E-state index in [4.69, 9.17) is 21.4 Å². The zero-order valence-corrected chi connectivity index (χ0v) is 9.65. The first kappa shape index (κ1) is 11.8. The number of halogens is 2. The van der Waals surface area contributed by atoms with E-state index >= 15 is 0 Å². The van der Waals surface area contributed by atoms with E-state index in [0.717, 1.165) is 4.68 Å². The molecule has 0 unspecified atom stereocenters. The monoisotopic (exact) mass is 257 g/mol. The maximum atomic E-state index is 13.6. The number of aliphatic hydroxyl groups excluding tert-OH is 1. The molecule has 0 radical (unpaired) electrons. The van der Waals surface area contributed by atoms with Gasteiger partial charge in [-0.05, 0) is 12.1 Å². The fraction of sp³-hybridized carbons (Fsp3) is 0.200. The number of aromatic nitrogens is 3. The molecular formula is C10H9ClFN3O2. The van der Waals surface area contributed by atoms with Crippen molar-refractivity contribution in [1.82, 2.24) is 15.0 Å². The van der Waals surface area contributed by atoms with Crippen LogP contribution in [0.5, 0.6) is 5.75 Å². The second-order valence-corrected chi connectivity index (χ2v) is 3.57. The summed E-state index contributed by atoms with van der Waals surface area (Å²) in [6, 6.07) is 4.17. The van der Waals surface area contributed by atoms with Crippen molar-refractivity contribution in [3.63, 3.8) is 0 Å². The predicted octanol–water partition coefficient (Wildman–Crippen LogP) is 1.56. The van der Waals surface area contributed by atoms with E-state index in [2.05, 4.69) is 10.3 Å². The zero-order valence-electron chi connectivity index (χ0n) is 8.89. The summed E-state index contributed by atoms with van der Waals surface area (Å²) >= 11 is 5.90. The molecule has 0 aliphatic rings. The van der Waals surface area contributed by atoms with Gasteiger partial charge in [0.2, 0.25) is 0 Å². The summed E-state index contributed by atoms with van der Waals surface area (Å²) in [6.45, 7) is -0.357. The summed E-state index contributed by atoms with van der Waals surface area (Å²) < 4.78 is 19.7. The van der Waals surface area contributed by atoms with Crippen LogP contribution in [-0.2, 0) is 6.61 Å². The molecule has 0 saturated heterocycles. The van der Waals surface area contributed by atoms with Crippen LogP contribution in [-0.4, -0.2) is 27.2 Å². The van der Waals surface area contributed by atoms with Gasteiger partial charge >= 0.3 is 0 Å². The van der Waals surface area contributed by atoms with Gasteiger partial charge in [-0.3, -0.25) is 0 Å². The number of nitrogens with zero attached hydrogens (tertiary/aromatic N) is 3. The normalized spacial score (nSPS) is 10.6. The molecule has 0 aliphatic heterocycles. The molecule has 0 fully saturated rings. The van der Waals surface area contributed by atoms with Gasteiger partial charge in [0.05, 0.1) is 13.7 Å². The lowest BCUT2D eigenvalue weighted by atomic mass is 10.3. The highest BCUT2D eigenvalue weighted by Crippen LogP contribution is 2.24.